The zero-order valence-electron chi connectivity index (χ0n) is 35.1. The molecule has 0 radical (unpaired) electrons. The Morgan fingerprint density at radius 3 is 2.19 bits per heavy atom. The first-order chi connectivity index (χ1) is 27.1. The van der Waals surface area contributed by atoms with Crippen molar-refractivity contribution in [1.82, 2.24) is 30.1 Å². The summed E-state index contributed by atoms with van der Waals surface area (Å²) in [5.41, 5.74) is 0.328. The summed E-state index contributed by atoms with van der Waals surface area (Å²) < 4.78 is 71.5. The predicted octanol–water partition coefficient (Wildman–Crippen LogP) is 3.96. The van der Waals surface area contributed by atoms with Gasteiger partial charge in [-0.25, -0.2) is 22.3 Å². The first kappa shape index (κ1) is 48.8. The van der Waals surface area contributed by atoms with Crippen molar-refractivity contribution in [3.63, 3.8) is 0 Å². The van der Waals surface area contributed by atoms with Crippen LogP contribution >= 0.6 is 0 Å². The quantitative estimate of drug-likeness (QED) is 0.163. The number of alkyl halides is 3. The third-order valence-corrected chi connectivity index (χ3v) is 11.8. The fraction of sp³-hybridized carbons (Fsp3) is 0.650. The number of ether oxygens (including phenoxy) is 1. The van der Waals surface area contributed by atoms with Crippen LogP contribution in [-0.4, -0.2) is 128 Å². The number of nitrogens with zero attached hydrogens (tertiary/aromatic N) is 3. The number of nitrogens with one attached hydrogen (secondary N) is 3. The maximum Gasteiger partial charge on any atom is 0.410 e. The van der Waals surface area contributed by atoms with Crippen LogP contribution in [0.15, 0.2) is 36.9 Å². The van der Waals surface area contributed by atoms with E-state index in [1.54, 1.807) is 41.5 Å². The number of urea groups is 1. The van der Waals surface area contributed by atoms with Gasteiger partial charge in [-0.3, -0.25) is 19.2 Å². The van der Waals surface area contributed by atoms with Crippen molar-refractivity contribution >= 4 is 45.5 Å². The molecule has 0 saturated carbocycles. The van der Waals surface area contributed by atoms with Gasteiger partial charge < -0.3 is 30.5 Å². The Morgan fingerprint density at radius 1 is 1.00 bits per heavy atom. The SMILES string of the molecule is C=CCNC(=O)C(=O)C(CCC(F)(F)F)CC(=O)[C@@H]1CC(OC(=O)N2CCc3ccccc3C2)CN1C(=O)[C@@H](NC(=O)N[C@H](CN(C)S(C)(=O)=O)C(C)(C)C)C(C)(C)C. The number of carbonyl (C=O) groups excluding carboxylic acids is 6. The summed E-state index contributed by atoms with van der Waals surface area (Å²) in [4.78, 5) is 84.2. The standard InChI is InChI=1S/C40H59F3N6O9S/c1-10-18-44-34(52)32(51)26(15-17-40(41,42)43)20-30(50)29-21-28(58-37(55)48-19-16-25-13-11-12-14-27(25)22-48)23-49(29)35(53)33(39(5,6)7)46-36(54)45-31(38(2,3)4)24-47(8)59(9,56)57/h10-14,26,28-29,31,33H,1,15-24H2,2-9H3,(H,44,52)(H2,45,46,54)/t26?,28?,29-,31+,33+/m0/s1. The third kappa shape index (κ3) is 14.3. The number of hydrogen-bond donors (Lipinski definition) is 3. The topological polar surface area (TPSA) is 192 Å². The van der Waals surface area contributed by atoms with Crippen LogP contribution in [0.4, 0.5) is 22.8 Å². The van der Waals surface area contributed by atoms with Gasteiger partial charge in [0, 0.05) is 64.4 Å². The van der Waals surface area contributed by atoms with E-state index in [1.807, 2.05) is 24.3 Å². The van der Waals surface area contributed by atoms with Gasteiger partial charge in [0.25, 0.3) is 5.91 Å². The van der Waals surface area contributed by atoms with Crippen molar-refractivity contribution in [3.8, 4) is 0 Å². The molecule has 19 heteroatoms. The molecule has 5 atom stereocenters. The predicted molar refractivity (Wildman–Crippen MR) is 213 cm³/mol. The second-order valence-electron chi connectivity index (χ2n) is 17.5. The summed E-state index contributed by atoms with van der Waals surface area (Å²) in [6.07, 6.45) is -7.05. The molecule has 2 aliphatic heterocycles. The van der Waals surface area contributed by atoms with Crippen LogP contribution in [0.5, 0.6) is 0 Å². The van der Waals surface area contributed by atoms with Crippen LogP contribution in [0.3, 0.4) is 0 Å². The van der Waals surface area contributed by atoms with E-state index < -0.39 is 112 Å². The number of likely N-dealkylation sites (N-methyl/N-ethyl adjacent to an activating group) is 1. The number of fused-ring (bicyclic) bond motifs is 1. The Balaban J connectivity index is 1.95. The van der Waals surface area contributed by atoms with Gasteiger partial charge in [-0.15, -0.1) is 6.58 Å². The number of likely N-dealkylation sites (tertiary alicyclic amines) is 1. The molecule has 1 saturated heterocycles. The second kappa shape index (κ2) is 19.7. The highest BCUT2D eigenvalue weighted by Gasteiger charge is 2.47. The summed E-state index contributed by atoms with van der Waals surface area (Å²) in [5.74, 6) is -5.75. The van der Waals surface area contributed by atoms with E-state index in [-0.39, 0.29) is 32.6 Å². The number of ketones is 2. The van der Waals surface area contributed by atoms with E-state index in [1.165, 1.54) is 18.0 Å². The maximum absolute atomic E-state index is 14.6. The fourth-order valence-corrected chi connectivity index (χ4v) is 7.27. The lowest BCUT2D eigenvalue weighted by molar-refractivity contribution is -0.148. The largest absolute Gasteiger partial charge is 0.444 e. The zero-order chi connectivity index (χ0) is 44.7. The molecule has 0 aliphatic carbocycles. The molecule has 0 aromatic heterocycles. The van der Waals surface area contributed by atoms with Crippen molar-refractivity contribution < 1.29 is 55.1 Å². The Morgan fingerprint density at radius 2 is 1.63 bits per heavy atom. The van der Waals surface area contributed by atoms with E-state index >= 15 is 0 Å². The molecular weight excluding hydrogens is 798 g/mol. The highest BCUT2D eigenvalue weighted by atomic mass is 32.2. The van der Waals surface area contributed by atoms with Crippen molar-refractivity contribution in [2.75, 3.05) is 39.5 Å². The van der Waals surface area contributed by atoms with Gasteiger partial charge in [-0.2, -0.15) is 13.2 Å². The minimum absolute atomic E-state index is 0.0952. The van der Waals surface area contributed by atoms with E-state index in [0.717, 1.165) is 26.6 Å². The fourth-order valence-electron chi connectivity index (χ4n) is 6.85. The molecule has 5 amide bonds. The Kier molecular flexibility index (Phi) is 16.3. The van der Waals surface area contributed by atoms with Gasteiger partial charge in [0.1, 0.15) is 12.1 Å². The lowest BCUT2D eigenvalue weighted by Crippen LogP contribution is -2.61. The van der Waals surface area contributed by atoms with Crippen molar-refractivity contribution in [2.24, 2.45) is 16.7 Å². The molecule has 2 aliphatic rings. The lowest BCUT2D eigenvalue weighted by atomic mass is 9.85. The van der Waals surface area contributed by atoms with Crippen molar-refractivity contribution in [1.29, 1.82) is 0 Å². The third-order valence-electron chi connectivity index (χ3n) is 10.5. The molecule has 0 bridgehead atoms. The minimum atomic E-state index is -4.71. The average molecular weight is 857 g/mol. The van der Waals surface area contributed by atoms with E-state index in [4.69, 9.17) is 4.74 Å². The van der Waals surface area contributed by atoms with Crippen LogP contribution in [0.25, 0.3) is 0 Å². The van der Waals surface area contributed by atoms with Gasteiger partial charge in [0.05, 0.1) is 18.8 Å². The van der Waals surface area contributed by atoms with Gasteiger partial charge in [0.15, 0.2) is 5.78 Å². The number of halogens is 3. The first-order valence-corrected chi connectivity index (χ1v) is 21.3. The number of rotatable bonds is 16. The molecule has 59 heavy (non-hydrogen) atoms. The van der Waals surface area contributed by atoms with Crippen molar-refractivity contribution in [2.45, 2.75) is 111 Å². The summed E-state index contributed by atoms with van der Waals surface area (Å²) >= 11 is 0. The molecule has 330 valence electrons. The highest BCUT2D eigenvalue weighted by molar-refractivity contribution is 7.88. The number of Topliss-reactive ketones (excluding diaryl/α,β-unsaturated/α-hetero) is 2. The molecule has 15 nitrogen and oxygen atoms in total. The number of carbonyl (C=O) groups is 6. The molecule has 1 aromatic carbocycles. The summed E-state index contributed by atoms with van der Waals surface area (Å²) in [7, 11) is -2.26. The summed E-state index contributed by atoms with van der Waals surface area (Å²) in [6, 6.07) is 3.27. The molecule has 1 fully saturated rings. The van der Waals surface area contributed by atoms with Gasteiger partial charge >= 0.3 is 18.3 Å². The first-order valence-electron chi connectivity index (χ1n) is 19.5. The second-order valence-corrected chi connectivity index (χ2v) is 19.5. The van der Waals surface area contributed by atoms with E-state index in [0.29, 0.717) is 13.0 Å². The van der Waals surface area contributed by atoms with E-state index in [2.05, 4.69) is 22.5 Å². The number of sulfonamides is 1. The highest BCUT2D eigenvalue weighted by Crippen LogP contribution is 2.32. The molecule has 2 heterocycles. The van der Waals surface area contributed by atoms with Crippen LogP contribution < -0.4 is 16.0 Å². The Bertz CT molecular complexity index is 1840. The summed E-state index contributed by atoms with van der Waals surface area (Å²) in [6.45, 7) is 13.8. The van der Waals surface area contributed by atoms with Gasteiger partial charge in [-0.05, 0) is 34.8 Å². The number of hydrogen-bond acceptors (Lipinski definition) is 9. The van der Waals surface area contributed by atoms with Gasteiger partial charge in [0.2, 0.25) is 21.7 Å². The molecule has 1 aromatic rings. The molecular formula is C40H59F3N6O9S. The Hall–Kier alpha value is -4.52. The molecule has 3 N–H and O–H groups in total. The molecule has 2 unspecified atom stereocenters. The average Bonchev–Trinajstić information content (AvgIpc) is 3.55. The zero-order valence-corrected chi connectivity index (χ0v) is 35.9. The summed E-state index contributed by atoms with van der Waals surface area (Å²) in [5, 5.41) is 7.68. The lowest BCUT2D eigenvalue weighted by Gasteiger charge is -2.37. The van der Waals surface area contributed by atoms with Crippen LogP contribution in [-0.2, 0) is 46.9 Å². The minimum Gasteiger partial charge on any atom is -0.444 e. The van der Waals surface area contributed by atoms with Crippen LogP contribution in [0, 0.1) is 16.7 Å². The van der Waals surface area contributed by atoms with Crippen LogP contribution in [0.2, 0.25) is 0 Å². The van der Waals surface area contributed by atoms with Crippen molar-refractivity contribution in [3.05, 3.63) is 48.0 Å². The molecule has 0 spiro atoms. The smallest absolute Gasteiger partial charge is 0.410 e. The maximum atomic E-state index is 14.6. The molecule has 3 rings (SSSR count). The van der Waals surface area contributed by atoms with Crippen LogP contribution in [0.1, 0.15) is 78.4 Å². The van der Waals surface area contributed by atoms with Gasteiger partial charge in [-0.1, -0.05) is 71.9 Å². The van der Waals surface area contributed by atoms with E-state index in [9.17, 15) is 50.4 Å². The normalized spacial score (nSPS) is 18.9. The number of amides is 5. The monoisotopic (exact) mass is 856 g/mol. The number of benzene rings is 1. The Labute approximate surface area is 344 Å².